The molecule has 1 rings (SSSR count). The summed E-state index contributed by atoms with van der Waals surface area (Å²) >= 11 is 5.93. The molecule has 4 nitrogen and oxygen atoms in total. The highest BCUT2D eigenvalue weighted by Crippen LogP contribution is 2.19. The van der Waals surface area contributed by atoms with Gasteiger partial charge in [0.25, 0.3) is 10.1 Å². The van der Waals surface area contributed by atoms with E-state index in [4.69, 9.17) is 11.6 Å². The Bertz CT molecular complexity index is 336. The van der Waals surface area contributed by atoms with Crippen LogP contribution < -0.4 is 5.32 Å². The highest BCUT2D eigenvalue weighted by Gasteiger charge is 2.30. The maximum Gasteiger partial charge on any atom is 0.270 e. The molecule has 0 fully saturated rings. The van der Waals surface area contributed by atoms with Gasteiger partial charge in [0.2, 0.25) is 0 Å². The maximum atomic E-state index is 11.1. The maximum absolute atomic E-state index is 11.1. The molecule has 0 radical (unpaired) electrons. The van der Waals surface area contributed by atoms with Crippen LogP contribution in [0.3, 0.4) is 0 Å². The second-order valence-electron chi connectivity index (χ2n) is 2.59. The first-order chi connectivity index (χ1) is 5.97. The lowest BCUT2D eigenvalue weighted by molar-refractivity contribution is 0.393. The van der Waals surface area contributed by atoms with Gasteiger partial charge in [-0.3, -0.25) is 4.18 Å². The lowest BCUT2D eigenvalue weighted by Gasteiger charge is -2.24. The summed E-state index contributed by atoms with van der Waals surface area (Å²) < 4.78 is 26.4. The average Bonchev–Trinajstić information content (AvgIpc) is 2.04. The average molecular weight is 224 g/mol. The third-order valence-electron chi connectivity index (χ3n) is 1.53. The number of dihydropyridines is 1. The molecule has 1 aliphatic rings. The number of nitrogens with one attached hydrogen (secondary N) is 1. The Labute approximate surface area is 82.3 Å². The van der Waals surface area contributed by atoms with Crippen molar-refractivity contribution in [3.63, 3.8) is 0 Å². The SMILES string of the molecule is COS(=O)(=O)CC1(Cl)C=CC=CN1. The van der Waals surface area contributed by atoms with Crippen LogP contribution in [0.1, 0.15) is 0 Å². The van der Waals surface area contributed by atoms with Gasteiger partial charge in [0, 0.05) is 0 Å². The largest absolute Gasteiger partial charge is 0.369 e. The minimum absolute atomic E-state index is 0.307. The Morgan fingerprint density at radius 3 is 2.69 bits per heavy atom. The molecule has 0 spiro atoms. The fourth-order valence-corrected chi connectivity index (χ4v) is 2.25. The highest BCUT2D eigenvalue weighted by atomic mass is 35.5. The predicted molar refractivity (Wildman–Crippen MR) is 50.8 cm³/mol. The van der Waals surface area contributed by atoms with Gasteiger partial charge in [0.15, 0.2) is 0 Å². The predicted octanol–water partition coefficient (Wildman–Crippen LogP) is 0.571. The Hall–Kier alpha value is -0.520. The van der Waals surface area contributed by atoms with Gasteiger partial charge in [0.05, 0.1) is 7.11 Å². The van der Waals surface area contributed by atoms with Crippen LogP contribution in [0.15, 0.2) is 24.4 Å². The first kappa shape index (κ1) is 10.6. The zero-order valence-electron chi connectivity index (χ0n) is 7.03. The van der Waals surface area contributed by atoms with Crippen LogP contribution in [-0.2, 0) is 14.3 Å². The first-order valence-electron chi connectivity index (χ1n) is 3.57. The molecular formula is C7H10ClNO3S. The molecule has 1 heterocycles. The Morgan fingerprint density at radius 1 is 1.54 bits per heavy atom. The van der Waals surface area contributed by atoms with Crippen LogP contribution in [0.2, 0.25) is 0 Å². The molecule has 1 unspecified atom stereocenters. The van der Waals surface area contributed by atoms with Gasteiger partial charge >= 0.3 is 0 Å². The van der Waals surface area contributed by atoms with E-state index < -0.39 is 15.1 Å². The normalized spacial score (nSPS) is 27.2. The molecule has 0 saturated heterocycles. The standard InChI is InChI=1S/C7H10ClNO3S/c1-12-13(10,11)6-7(8)4-2-3-5-9-7/h2-5,9H,6H2,1H3. The zero-order valence-corrected chi connectivity index (χ0v) is 8.60. The summed E-state index contributed by atoms with van der Waals surface area (Å²) in [6, 6.07) is 0. The molecule has 0 amide bonds. The van der Waals surface area contributed by atoms with E-state index in [0.717, 1.165) is 7.11 Å². The molecule has 0 bridgehead atoms. The number of alkyl halides is 1. The zero-order chi connectivity index (χ0) is 9.95. The monoisotopic (exact) mass is 223 g/mol. The molecule has 0 aromatic rings. The van der Waals surface area contributed by atoms with E-state index in [1.807, 2.05) is 0 Å². The van der Waals surface area contributed by atoms with E-state index >= 15 is 0 Å². The van der Waals surface area contributed by atoms with Crippen LogP contribution in [0.25, 0.3) is 0 Å². The number of hydrogen-bond acceptors (Lipinski definition) is 4. The van der Waals surface area contributed by atoms with E-state index in [-0.39, 0.29) is 5.75 Å². The second kappa shape index (κ2) is 3.69. The Morgan fingerprint density at radius 2 is 2.23 bits per heavy atom. The van der Waals surface area contributed by atoms with Crippen molar-refractivity contribution in [1.82, 2.24) is 5.32 Å². The van der Waals surface area contributed by atoms with Crippen LogP contribution >= 0.6 is 11.6 Å². The van der Waals surface area contributed by atoms with Gasteiger partial charge in [-0.15, -0.1) is 0 Å². The van der Waals surface area contributed by atoms with Crippen LogP contribution in [-0.4, -0.2) is 26.3 Å². The van der Waals surface area contributed by atoms with E-state index in [0.29, 0.717) is 0 Å². The number of rotatable bonds is 3. The van der Waals surface area contributed by atoms with Gasteiger partial charge < -0.3 is 5.32 Å². The fourth-order valence-electron chi connectivity index (χ4n) is 0.904. The quantitative estimate of drug-likeness (QED) is 0.432. The minimum atomic E-state index is -3.56. The molecule has 6 heteroatoms. The molecule has 0 aromatic heterocycles. The third kappa shape index (κ3) is 3.02. The summed E-state index contributed by atoms with van der Waals surface area (Å²) in [6.07, 6.45) is 6.54. The summed E-state index contributed by atoms with van der Waals surface area (Å²) in [5.74, 6) is -0.307. The second-order valence-corrected chi connectivity index (χ2v) is 5.01. The lowest BCUT2D eigenvalue weighted by atomic mass is 10.2. The van der Waals surface area contributed by atoms with Crippen molar-refractivity contribution in [3.05, 3.63) is 24.4 Å². The van der Waals surface area contributed by atoms with E-state index in [1.54, 1.807) is 24.4 Å². The molecule has 0 aromatic carbocycles. The van der Waals surface area contributed by atoms with Gasteiger partial charge in [-0.05, 0) is 18.4 Å². The summed E-state index contributed by atoms with van der Waals surface area (Å²) in [5, 5.41) is 2.72. The van der Waals surface area contributed by atoms with Gasteiger partial charge in [-0.2, -0.15) is 8.42 Å². The summed E-state index contributed by atoms with van der Waals surface area (Å²) in [7, 11) is -2.45. The number of allylic oxidation sites excluding steroid dienone is 2. The number of hydrogen-bond donors (Lipinski definition) is 1. The molecular weight excluding hydrogens is 214 g/mol. The van der Waals surface area contributed by atoms with Crippen molar-refractivity contribution in [2.45, 2.75) is 5.00 Å². The number of halogens is 1. The van der Waals surface area contributed by atoms with Crippen LogP contribution in [0.4, 0.5) is 0 Å². The lowest BCUT2D eigenvalue weighted by Crippen LogP contribution is -2.42. The van der Waals surface area contributed by atoms with Crippen molar-refractivity contribution < 1.29 is 12.6 Å². The topological polar surface area (TPSA) is 55.4 Å². The van der Waals surface area contributed by atoms with Crippen LogP contribution in [0.5, 0.6) is 0 Å². The molecule has 0 aliphatic carbocycles. The van der Waals surface area contributed by atoms with E-state index in [9.17, 15) is 8.42 Å². The Balaban J connectivity index is 2.74. The van der Waals surface area contributed by atoms with E-state index in [2.05, 4.69) is 9.50 Å². The molecule has 0 saturated carbocycles. The first-order valence-corrected chi connectivity index (χ1v) is 5.52. The van der Waals surface area contributed by atoms with Gasteiger partial charge in [-0.1, -0.05) is 17.7 Å². The van der Waals surface area contributed by atoms with Crippen molar-refractivity contribution in [2.24, 2.45) is 0 Å². The van der Waals surface area contributed by atoms with Crippen molar-refractivity contribution >= 4 is 21.7 Å². The summed E-state index contributed by atoms with van der Waals surface area (Å²) in [5.41, 5.74) is 0. The molecule has 74 valence electrons. The molecule has 1 atom stereocenters. The Kier molecular flexibility index (Phi) is 3.00. The molecule has 1 aliphatic heterocycles. The highest BCUT2D eigenvalue weighted by molar-refractivity contribution is 7.86. The third-order valence-corrected chi connectivity index (χ3v) is 3.38. The van der Waals surface area contributed by atoms with E-state index in [1.165, 1.54) is 0 Å². The fraction of sp³-hybridized carbons (Fsp3) is 0.429. The molecule has 13 heavy (non-hydrogen) atoms. The van der Waals surface area contributed by atoms with Crippen molar-refractivity contribution in [2.75, 3.05) is 12.9 Å². The van der Waals surface area contributed by atoms with Crippen molar-refractivity contribution in [1.29, 1.82) is 0 Å². The van der Waals surface area contributed by atoms with Gasteiger partial charge in [-0.25, -0.2) is 0 Å². The minimum Gasteiger partial charge on any atom is -0.369 e. The summed E-state index contributed by atoms with van der Waals surface area (Å²) in [6.45, 7) is 0. The smallest absolute Gasteiger partial charge is 0.270 e. The summed E-state index contributed by atoms with van der Waals surface area (Å²) in [4.78, 5) is -1.09. The van der Waals surface area contributed by atoms with Gasteiger partial charge in [0.1, 0.15) is 10.8 Å². The molecule has 1 N–H and O–H groups in total. The van der Waals surface area contributed by atoms with Crippen LogP contribution in [0, 0.1) is 0 Å². The van der Waals surface area contributed by atoms with Crippen molar-refractivity contribution in [3.8, 4) is 0 Å².